The highest BCUT2D eigenvalue weighted by Crippen LogP contribution is 2.31. The van der Waals surface area contributed by atoms with Crippen molar-refractivity contribution in [2.45, 2.75) is 6.18 Å². The van der Waals surface area contributed by atoms with Crippen LogP contribution in [-0.2, 0) is 13.2 Å². The number of aryl methyl sites for hydroxylation is 1. The molecule has 0 fully saturated rings. The molecule has 0 saturated carbocycles. The summed E-state index contributed by atoms with van der Waals surface area (Å²) in [5, 5.41) is 6.79. The largest absolute Gasteiger partial charge is 0.492 e. The Kier molecular flexibility index (Phi) is 5.30. The van der Waals surface area contributed by atoms with Crippen molar-refractivity contribution in [3.8, 4) is 5.75 Å². The van der Waals surface area contributed by atoms with Crippen LogP contribution in [0.15, 0.2) is 39.7 Å². The van der Waals surface area contributed by atoms with E-state index in [2.05, 4.69) is 26.3 Å². The first kappa shape index (κ1) is 17.3. The molecule has 0 unspecified atom stereocenters. The van der Waals surface area contributed by atoms with Gasteiger partial charge in [-0.3, -0.25) is 4.79 Å². The van der Waals surface area contributed by atoms with Crippen LogP contribution in [0.5, 0.6) is 5.75 Å². The summed E-state index contributed by atoms with van der Waals surface area (Å²) in [6.45, 7) is 0.423. The average molecular weight is 392 g/mol. The standard InChI is InChI=1S/C14H13BrF3N3O2/c1-21-13(22)12(15)11(8-20-21)19-5-6-23-10-4-2-3-9(7-10)14(16,17)18/h2-4,7-8,19H,5-6H2,1H3. The zero-order chi connectivity index (χ0) is 17.0. The summed E-state index contributed by atoms with van der Waals surface area (Å²) in [5.74, 6) is 0.128. The van der Waals surface area contributed by atoms with Crippen molar-refractivity contribution in [1.82, 2.24) is 9.78 Å². The third kappa shape index (κ3) is 4.47. The Labute approximate surface area is 138 Å². The normalized spacial score (nSPS) is 11.3. The molecule has 0 aliphatic carbocycles. The molecule has 1 N–H and O–H groups in total. The monoisotopic (exact) mass is 391 g/mol. The van der Waals surface area contributed by atoms with Crippen molar-refractivity contribution >= 4 is 21.6 Å². The molecule has 0 saturated heterocycles. The summed E-state index contributed by atoms with van der Waals surface area (Å²) < 4.78 is 44.5. The van der Waals surface area contributed by atoms with Gasteiger partial charge in [-0.15, -0.1) is 0 Å². The van der Waals surface area contributed by atoms with Crippen molar-refractivity contribution in [3.05, 3.63) is 50.9 Å². The van der Waals surface area contributed by atoms with Gasteiger partial charge in [0.05, 0.1) is 17.4 Å². The molecule has 0 aliphatic rings. The highest BCUT2D eigenvalue weighted by Gasteiger charge is 2.30. The third-order valence-corrected chi connectivity index (χ3v) is 3.69. The summed E-state index contributed by atoms with van der Waals surface area (Å²) in [4.78, 5) is 11.7. The second-order valence-electron chi connectivity index (χ2n) is 4.60. The Morgan fingerprint density at radius 2 is 2.13 bits per heavy atom. The lowest BCUT2D eigenvalue weighted by Gasteiger charge is -2.11. The van der Waals surface area contributed by atoms with Crippen LogP contribution in [0.4, 0.5) is 18.9 Å². The molecule has 5 nitrogen and oxygen atoms in total. The van der Waals surface area contributed by atoms with E-state index < -0.39 is 11.7 Å². The summed E-state index contributed by atoms with van der Waals surface area (Å²) in [5.41, 5.74) is -0.573. The molecule has 0 atom stereocenters. The van der Waals surface area contributed by atoms with Gasteiger partial charge in [-0.2, -0.15) is 18.3 Å². The minimum atomic E-state index is -4.40. The second kappa shape index (κ2) is 7.03. The van der Waals surface area contributed by atoms with Crippen LogP contribution in [0.2, 0.25) is 0 Å². The van der Waals surface area contributed by atoms with Gasteiger partial charge in [0.2, 0.25) is 0 Å². The summed E-state index contributed by atoms with van der Waals surface area (Å²) in [6.07, 6.45) is -2.94. The third-order valence-electron chi connectivity index (χ3n) is 2.93. The van der Waals surface area contributed by atoms with Gasteiger partial charge in [-0.05, 0) is 34.1 Å². The van der Waals surface area contributed by atoms with E-state index in [-0.39, 0.29) is 17.9 Å². The average Bonchev–Trinajstić information content (AvgIpc) is 2.50. The number of aromatic nitrogens is 2. The van der Waals surface area contributed by atoms with Gasteiger partial charge in [-0.25, -0.2) is 4.68 Å². The molecular formula is C14H13BrF3N3O2. The Morgan fingerprint density at radius 3 is 2.83 bits per heavy atom. The van der Waals surface area contributed by atoms with Crippen molar-refractivity contribution < 1.29 is 17.9 Å². The lowest BCUT2D eigenvalue weighted by atomic mass is 10.2. The highest BCUT2D eigenvalue weighted by atomic mass is 79.9. The van der Waals surface area contributed by atoms with E-state index in [0.717, 1.165) is 12.1 Å². The SMILES string of the molecule is Cn1ncc(NCCOc2cccc(C(F)(F)F)c2)c(Br)c1=O. The van der Waals surface area contributed by atoms with Gasteiger partial charge in [-0.1, -0.05) is 6.07 Å². The van der Waals surface area contributed by atoms with Gasteiger partial charge in [0.25, 0.3) is 5.56 Å². The van der Waals surface area contributed by atoms with Crippen molar-refractivity contribution in [2.75, 3.05) is 18.5 Å². The topological polar surface area (TPSA) is 56.1 Å². The number of ether oxygens (including phenoxy) is 1. The molecule has 1 heterocycles. The number of hydrogen-bond donors (Lipinski definition) is 1. The smallest absolute Gasteiger partial charge is 0.416 e. The number of benzene rings is 1. The maximum Gasteiger partial charge on any atom is 0.416 e. The molecule has 0 amide bonds. The molecule has 9 heteroatoms. The predicted molar refractivity (Wildman–Crippen MR) is 82.6 cm³/mol. The van der Waals surface area contributed by atoms with Crippen molar-refractivity contribution in [1.29, 1.82) is 0 Å². The Bertz CT molecular complexity index is 747. The van der Waals surface area contributed by atoms with E-state index >= 15 is 0 Å². The molecule has 124 valence electrons. The first-order chi connectivity index (χ1) is 10.8. The molecular weight excluding hydrogens is 379 g/mol. The minimum absolute atomic E-state index is 0.128. The fourth-order valence-corrected chi connectivity index (χ4v) is 2.25. The van der Waals surface area contributed by atoms with E-state index in [0.29, 0.717) is 16.7 Å². The lowest BCUT2D eigenvalue weighted by molar-refractivity contribution is -0.137. The molecule has 23 heavy (non-hydrogen) atoms. The Hall–Kier alpha value is -2.03. The van der Waals surface area contributed by atoms with Gasteiger partial charge in [0.15, 0.2) is 0 Å². The molecule has 0 bridgehead atoms. The number of halogens is 4. The zero-order valence-corrected chi connectivity index (χ0v) is 13.6. The molecule has 0 aliphatic heterocycles. The summed E-state index contributed by atoms with van der Waals surface area (Å²) in [6, 6.07) is 4.65. The van der Waals surface area contributed by atoms with Gasteiger partial charge < -0.3 is 10.1 Å². The van der Waals surface area contributed by atoms with Crippen LogP contribution in [0.25, 0.3) is 0 Å². The maximum atomic E-state index is 12.6. The number of alkyl halides is 3. The number of anilines is 1. The molecule has 1 aromatic carbocycles. The number of nitrogens with one attached hydrogen (secondary N) is 1. The van der Waals surface area contributed by atoms with E-state index in [1.165, 1.54) is 30.1 Å². The van der Waals surface area contributed by atoms with Crippen LogP contribution >= 0.6 is 15.9 Å². The van der Waals surface area contributed by atoms with Gasteiger partial charge in [0.1, 0.15) is 16.8 Å². The van der Waals surface area contributed by atoms with E-state index in [1.54, 1.807) is 0 Å². The molecule has 2 rings (SSSR count). The summed E-state index contributed by atoms with van der Waals surface area (Å²) >= 11 is 3.16. The van der Waals surface area contributed by atoms with Crippen LogP contribution in [-0.4, -0.2) is 22.9 Å². The summed E-state index contributed by atoms with van der Waals surface area (Å²) in [7, 11) is 1.52. The quantitative estimate of drug-likeness (QED) is 0.795. The molecule has 1 aromatic heterocycles. The number of hydrogen-bond acceptors (Lipinski definition) is 4. The van der Waals surface area contributed by atoms with E-state index in [1.807, 2.05) is 0 Å². The second-order valence-corrected chi connectivity index (χ2v) is 5.39. The molecule has 2 aromatic rings. The van der Waals surface area contributed by atoms with Gasteiger partial charge >= 0.3 is 6.18 Å². The first-order valence-electron chi connectivity index (χ1n) is 6.55. The molecule has 0 radical (unpaired) electrons. The first-order valence-corrected chi connectivity index (χ1v) is 7.34. The van der Waals surface area contributed by atoms with E-state index in [4.69, 9.17) is 4.74 Å². The number of nitrogens with zero attached hydrogens (tertiary/aromatic N) is 2. The van der Waals surface area contributed by atoms with Crippen LogP contribution in [0, 0.1) is 0 Å². The zero-order valence-electron chi connectivity index (χ0n) is 12.0. The number of rotatable bonds is 5. The minimum Gasteiger partial charge on any atom is -0.492 e. The predicted octanol–water partition coefficient (Wildman–Crippen LogP) is 3.05. The lowest BCUT2D eigenvalue weighted by Crippen LogP contribution is -2.22. The Balaban J connectivity index is 1.91. The highest BCUT2D eigenvalue weighted by molar-refractivity contribution is 9.10. The fraction of sp³-hybridized carbons (Fsp3) is 0.286. The van der Waals surface area contributed by atoms with Crippen LogP contribution in [0.1, 0.15) is 5.56 Å². The van der Waals surface area contributed by atoms with Crippen molar-refractivity contribution in [3.63, 3.8) is 0 Å². The van der Waals surface area contributed by atoms with Crippen LogP contribution < -0.4 is 15.6 Å². The maximum absolute atomic E-state index is 12.6. The Morgan fingerprint density at radius 1 is 1.39 bits per heavy atom. The van der Waals surface area contributed by atoms with Crippen LogP contribution in [0.3, 0.4) is 0 Å². The van der Waals surface area contributed by atoms with Crippen molar-refractivity contribution in [2.24, 2.45) is 7.05 Å². The van der Waals surface area contributed by atoms with E-state index in [9.17, 15) is 18.0 Å². The molecule has 0 spiro atoms. The fourth-order valence-electron chi connectivity index (χ4n) is 1.75. The van der Waals surface area contributed by atoms with Gasteiger partial charge in [0, 0.05) is 13.6 Å².